The summed E-state index contributed by atoms with van der Waals surface area (Å²) in [7, 11) is -3.05. The maximum atomic E-state index is 11.5. The van der Waals surface area contributed by atoms with E-state index < -0.39 is 10.0 Å². The normalized spacial score (nSPS) is 21.4. The van der Waals surface area contributed by atoms with Crippen molar-refractivity contribution < 1.29 is 8.42 Å². The van der Waals surface area contributed by atoms with Gasteiger partial charge in [-0.3, -0.25) is 0 Å². The van der Waals surface area contributed by atoms with E-state index in [0.29, 0.717) is 25.6 Å². The van der Waals surface area contributed by atoms with Crippen LogP contribution in [0.5, 0.6) is 0 Å². The number of sulfonamides is 1. The molecule has 1 N–H and O–H groups in total. The molecule has 19 heavy (non-hydrogen) atoms. The minimum absolute atomic E-state index is 0.380. The third kappa shape index (κ3) is 4.52. The quantitative estimate of drug-likeness (QED) is 0.838. The number of nitrogens with one attached hydrogen (secondary N) is 1. The SMILES string of the molecule is CS(=O)(=O)N1CCCC(CNCc2ccncn2)C1. The van der Waals surface area contributed by atoms with E-state index in [4.69, 9.17) is 0 Å². The first kappa shape index (κ1) is 14.4. The Bertz CT molecular complexity index is 492. The molecule has 1 fully saturated rings. The summed E-state index contributed by atoms with van der Waals surface area (Å²) in [6.45, 7) is 2.78. The van der Waals surface area contributed by atoms with Crippen molar-refractivity contribution in [3.63, 3.8) is 0 Å². The van der Waals surface area contributed by atoms with Gasteiger partial charge in [-0.2, -0.15) is 0 Å². The summed E-state index contributed by atoms with van der Waals surface area (Å²) in [6, 6.07) is 1.87. The molecule has 2 rings (SSSR count). The second-order valence-corrected chi connectivity index (χ2v) is 6.94. The lowest BCUT2D eigenvalue weighted by Gasteiger charge is -2.31. The van der Waals surface area contributed by atoms with Gasteiger partial charge >= 0.3 is 0 Å². The van der Waals surface area contributed by atoms with Crippen LogP contribution in [0.1, 0.15) is 18.5 Å². The summed E-state index contributed by atoms with van der Waals surface area (Å²) in [6.07, 6.45) is 6.54. The highest BCUT2D eigenvalue weighted by Gasteiger charge is 2.25. The number of hydrogen-bond acceptors (Lipinski definition) is 5. The average Bonchev–Trinajstić information content (AvgIpc) is 2.39. The summed E-state index contributed by atoms with van der Waals surface area (Å²) in [5, 5.41) is 3.33. The van der Waals surface area contributed by atoms with Crippen LogP contribution in [0.15, 0.2) is 18.6 Å². The summed E-state index contributed by atoms with van der Waals surface area (Å²) >= 11 is 0. The monoisotopic (exact) mass is 284 g/mol. The van der Waals surface area contributed by atoms with Gasteiger partial charge in [0.2, 0.25) is 10.0 Å². The van der Waals surface area contributed by atoms with Gasteiger partial charge < -0.3 is 5.32 Å². The predicted molar refractivity (Wildman–Crippen MR) is 72.9 cm³/mol. The second-order valence-electron chi connectivity index (χ2n) is 4.96. The molecule has 1 saturated heterocycles. The number of rotatable bonds is 5. The van der Waals surface area contributed by atoms with Crippen LogP contribution in [0.3, 0.4) is 0 Å². The molecule has 7 heteroatoms. The number of hydrogen-bond donors (Lipinski definition) is 1. The third-order valence-corrected chi connectivity index (χ3v) is 4.60. The fourth-order valence-corrected chi connectivity index (χ4v) is 3.26. The van der Waals surface area contributed by atoms with E-state index in [1.807, 2.05) is 6.07 Å². The fourth-order valence-electron chi connectivity index (χ4n) is 2.32. The van der Waals surface area contributed by atoms with E-state index in [1.54, 1.807) is 10.5 Å². The van der Waals surface area contributed by atoms with Crippen LogP contribution in [-0.4, -0.2) is 48.6 Å². The maximum Gasteiger partial charge on any atom is 0.211 e. The molecule has 1 unspecified atom stereocenters. The van der Waals surface area contributed by atoms with Crippen LogP contribution >= 0.6 is 0 Å². The minimum atomic E-state index is -3.05. The Morgan fingerprint density at radius 2 is 2.37 bits per heavy atom. The van der Waals surface area contributed by atoms with Gasteiger partial charge in [-0.1, -0.05) is 0 Å². The van der Waals surface area contributed by atoms with Gasteiger partial charge in [0.05, 0.1) is 11.9 Å². The fraction of sp³-hybridized carbons (Fsp3) is 0.667. The molecule has 1 aliphatic rings. The molecule has 1 aromatic rings. The lowest BCUT2D eigenvalue weighted by Crippen LogP contribution is -2.42. The van der Waals surface area contributed by atoms with E-state index in [0.717, 1.165) is 25.1 Å². The maximum absolute atomic E-state index is 11.5. The molecule has 0 amide bonds. The molecule has 2 heterocycles. The van der Waals surface area contributed by atoms with E-state index in [1.165, 1.54) is 12.6 Å². The average molecular weight is 284 g/mol. The lowest BCUT2D eigenvalue weighted by molar-refractivity contribution is 0.261. The van der Waals surface area contributed by atoms with Crippen LogP contribution in [0.4, 0.5) is 0 Å². The standard InChI is InChI=1S/C12H20N4O2S/c1-19(17,18)16-6-2-3-11(9-16)7-14-8-12-4-5-13-10-15-12/h4-5,10-11,14H,2-3,6-9H2,1H3. The first-order chi connectivity index (χ1) is 9.05. The number of nitrogens with zero attached hydrogens (tertiary/aromatic N) is 3. The van der Waals surface area contributed by atoms with E-state index in [9.17, 15) is 8.42 Å². The summed E-state index contributed by atoms with van der Waals surface area (Å²) < 4.78 is 24.6. The zero-order valence-electron chi connectivity index (χ0n) is 11.1. The van der Waals surface area contributed by atoms with Gasteiger partial charge in [0, 0.05) is 25.8 Å². The van der Waals surface area contributed by atoms with Crippen molar-refractivity contribution in [3.05, 3.63) is 24.3 Å². The van der Waals surface area contributed by atoms with Crippen molar-refractivity contribution in [2.45, 2.75) is 19.4 Å². The molecule has 0 aromatic carbocycles. The molecule has 0 bridgehead atoms. The van der Waals surface area contributed by atoms with Crippen LogP contribution < -0.4 is 5.32 Å². The molecular weight excluding hydrogens is 264 g/mol. The number of piperidine rings is 1. The Morgan fingerprint density at radius 3 is 3.05 bits per heavy atom. The summed E-state index contributed by atoms with van der Waals surface area (Å²) in [4.78, 5) is 8.00. The molecule has 1 aliphatic heterocycles. The topological polar surface area (TPSA) is 75.2 Å². The predicted octanol–water partition coefficient (Wildman–Crippen LogP) is 0.238. The van der Waals surface area contributed by atoms with Crippen molar-refractivity contribution >= 4 is 10.0 Å². The largest absolute Gasteiger partial charge is 0.311 e. The van der Waals surface area contributed by atoms with Crippen molar-refractivity contribution in [3.8, 4) is 0 Å². The van der Waals surface area contributed by atoms with Gasteiger partial charge in [0.25, 0.3) is 0 Å². The zero-order chi connectivity index (χ0) is 13.7. The Morgan fingerprint density at radius 1 is 1.53 bits per heavy atom. The van der Waals surface area contributed by atoms with Gasteiger partial charge in [-0.05, 0) is 31.4 Å². The highest BCUT2D eigenvalue weighted by atomic mass is 32.2. The smallest absolute Gasteiger partial charge is 0.211 e. The molecule has 6 nitrogen and oxygen atoms in total. The van der Waals surface area contributed by atoms with Crippen LogP contribution in [-0.2, 0) is 16.6 Å². The molecule has 1 aromatic heterocycles. The van der Waals surface area contributed by atoms with Crippen molar-refractivity contribution in [2.75, 3.05) is 25.9 Å². The van der Waals surface area contributed by atoms with Crippen molar-refractivity contribution in [1.82, 2.24) is 19.6 Å². The first-order valence-electron chi connectivity index (χ1n) is 6.46. The van der Waals surface area contributed by atoms with Crippen LogP contribution in [0, 0.1) is 5.92 Å². The van der Waals surface area contributed by atoms with Gasteiger partial charge in [0.15, 0.2) is 0 Å². The third-order valence-electron chi connectivity index (χ3n) is 3.33. The highest BCUT2D eigenvalue weighted by molar-refractivity contribution is 7.88. The Labute approximate surface area is 114 Å². The van der Waals surface area contributed by atoms with Crippen molar-refractivity contribution in [2.24, 2.45) is 5.92 Å². The Hall–Kier alpha value is -1.05. The van der Waals surface area contributed by atoms with Gasteiger partial charge in [-0.25, -0.2) is 22.7 Å². The van der Waals surface area contributed by atoms with Crippen LogP contribution in [0.25, 0.3) is 0 Å². The molecule has 106 valence electrons. The van der Waals surface area contributed by atoms with Crippen molar-refractivity contribution in [1.29, 1.82) is 0 Å². The zero-order valence-corrected chi connectivity index (χ0v) is 11.9. The van der Waals surface area contributed by atoms with E-state index in [-0.39, 0.29) is 0 Å². The lowest BCUT2D eigenvalue weighted by atomic mass is 10.00. The van der Waals surface area contributed by atoms with E-state index in [2.05, 4.69) is 15.3 Å². The minimum Gasteiger partial charge on any atom is -0.311 e. The summed E-state index contributed by atoms with van der Waals surface area (Å²) in [5.41, 5.74) is 0.950. The first-order valence-corrected chi connectivity index (χ1v) is 8.31. The van der Waals surface area contributed by atoms with Gasteiger partial charge in [0.1, 0.15) is 6.33 Å². The van der Waals surface area contributed by atoms with E-state index >= 15 is 0 Å². The number of aromatic nitrogens is 2. The molecule has 0 radical (unpaired) electrons. The molecule has 0 saturated carbocycles. The molecule has 0 spiro atoms. The highest BCUT2D eigenvalue weighted by Crippen LogP contribution is 2.17. The van der Waals surface area contributed by atoms with Crippen LogP contribution in [0.2, 0.25) is 0 Å². The molecule has 0 aliphatic carbocycles. The van der Waals surface area contributed by atoms with Gasteiger partial charge in [-0.15, -0.1) is 0 Å². The molecule has 1 atom stereocenters. The second kappa shape index (κ2) is 6.40. The molecular formula is C12H20N4O2S. The Balaban J connectivity index is 1.77. The summed E-state index contributed by atoms with van der Waals surface area (Å²) in [5.74, 6) is 0.380. The Kier molecular flexibility index (Phi) is 4.84.